The molecule has 0 saturated heterocycles. The summed E-state index contributed by atoms with van der Waals surface area (Å²) in [7, 11) is 0. The molecule has 0 aromatic carbocycles. The van der Waals surface area contributed by atoms with Crippen molar-refractivity contribution in [2.24, 2.45) is 0 Å². The first-order chi connectivity index (χ1) is 14.8. The third-order valence-corrected chi connectivity index (χ3v) is 3.23. The van der Waals surface area contributed by atoms with E-state index in [1.165, 1.54) is 13.2 Å². The van der Waals surface area contributed by atoms with Crippen LogP contribution in [0.25, 0.3) is 0 Å². The SMILES string of the molecule is C=COCCOCCOCCOCCOCCOCCOCCOCCOC(C)=O. The zero-order valence-corrected chi connectivity index (χ0v) is 18.2. The smallest absolute Gasteiger partial charge is 0.302 e. The molecule has 0 unspecified atom stereocenters. The van der Waals surface area contributed by atoms with Crippen LogP contribution < -0.4 is 0 Å². The van der Waals surface area contributed by atoms with E-state index < -0.39 is 0 Å². The summed E-state index contributed by atoms with van der Waals surface area (Å²) >= 11 is 0. The zero-order valence-electron chi connectivity index (χ0n) is 18.2. The molecule has 0 radical (unpaired) electrons. The molecular formula is C20H38O10. The van der Waals surface area contributed by atoms with Gasteiger partial charge < -0.3 is 42.6 Å². The summed E-state index contributed by atoms with van der Waals surface area (Å²) in [6.07, 6.45) is 1.39. The summed E-state index contributed by atoms with van der Waals surface area (Å²) in [6, 6.07) is 0. The molecule has 30 heavy (non-hydrogen) atoms. The summed E-state index contributed by atoms with van der Waals surface area (Å²) in [6.45, 7) is 12.5. The largest absolute Gasteiger partial charge is 0.499 e. The van der Waals surface area contributed by atoms with Crippen LogP contribution in [0.3, 0.4) is 0 Å². The summed E-state index contributed by atoms with van der Waals surface area (Å²) in [5.74, 6) is -0.308. The summed E-state index contributed by atoms with van der Waals surface area (Å²) in [5, 5.41) is 0. The maximum Gasteiger partial charge on any atom is 0.302 e. The van der Waals surface area contributed by atoms with Gasteiger partial charge in [-0.2, -0.15) is 0 Å². The maximum absolute atomic E-state index is 10.5. The van der Waals surface area contributed by atoms with Crippen molar-refractivity contribution in [1.82, 2.24) is 0 Å². The molecule has 0 fully saturated rings. The Morgan fingerprint density at radius 3 is 1.07 bits per heavy atom. The van der Waals surface area contributed by atoms with Crippen LogP contribution in [0.1, 0.15) is 6.92 Å². The predicted molar refractivity (Wildman–Crippen MR) is 109 cm³/mol. The average molecular weight is 439 g/mol. The first kappa shape index (κ1) is 28.7. The molecule has 0 aromatic rings. The van der Waals surface area contributed by atoms with Gasteiger partial charge in [0.05, 0.1) is 98.8 Å². The molecular weight excluding hydrogens is 400 g/mol. The van der Waals surface area contributed by atoms with Gasteiger partial charge in [-0.05, 0) is 0 Å². The van der Waals surface area contributed by atoms with Crippen LogP contribution in [0, 0.1) is 0 Å². The van der Waals surface area contributed by atoms with E-state index >= 15 is 0 Å². The molecule has 0 aromatic heterocycles. The highest BCUT2D eigenvalue weighted by molar-refractivity contribution is 5.65. The van der Waals surface area contributed by atoms with Gasteiger partial charge in [-0.3, -0.25) is 4.79 Å². The lowest BCUT2D eigenvalue weighted by atomic mass is 10.6. The molecule has 0 aliphatic carbocycles. The van der Waals surface area contributed by atoms with E-state index in [-0.39, 0.29) is 12.6 Å². The molecule has 10 heteroatoms. The van der Waals surface area contributed by atoms with E-state index in [1.807, 2.05) is 0 Å². The summed E-state index contributed by atoms with van der Waals surface area (Å²) < 4.78 is 47.1. The summed E-state index contributed by atoms with van der Waals surface area (Å²) in [4.78, 5) is 10.5. The average Bonchev–Trinajstić information content (AvgIpc) is 2.73. The Morgan fingerprint density at radius 1 is 0.533 bits per heavy atom. The molecule has 0 rings (SSSR count). The molecule has 0 heterocycles. The molecule has 178 valence electrons. The van der Waals surface area contributed by atoms with Gasteiger partial charge in [0, 0.05) is 6.92 Å². The van der Waals surface area contributed by atoms with Crippen molar-refractivity contribution in [3.63, 3.8) is 0 Å². The predicted octanol–water partition coefficient (Wildman–Crippen LogP) is 0.826. The fraction of sp³-hybridized carbons (Fsp3) is 0.850. The fourth-order valence-electron chi connectivity index (χ4n) is 1.86. The van der Waals surface area contributed by atoms with Crippen LogP contribution in [0.5, 0.6) is 0 Å². The quantitative estimate of drug-likeness (QED) is 0.116. The minimum atomic E-state index is -0.308. The Morgan fingerprint density at radius 2 is 0.800 bits per heavy atom. The molecule has 0 saturated carbocycles. The molecule has 0 atom stereocenters. The van der Waals surface area contributed by atoms with Gasteiger partial charge in [-0.15, -0.1) is 0 Å². The monoisotopic (exact) mass is 438 g/mol. The van der Waals surface area contributed by atoms with Gasteiger partial charge in [0.2, 0.25) is 0 Å². The zero-order chi connectivity index (χ0) is 22.0. The standard InChI is InChI=1S/C20H38O10/c1-3-22-4-5-23-6-7-24-8-9-25-10-11-26-12-13-27-14-15-28-16-17-29-18-19-30-20(2)21/h3H,1,4-19H2,2H3. The molecule has 0 N–H and O–H groups in total. The highest BCUT2D eigenvalue weighted by atomic mass is 16.6. The number of carbonyl (C=O) groups is 1. The van der Waals surface area contributed by atoms with Crippen molar-refractivity contribution in [3.05, 3.63) is 12.8 Å². The van der Waals surface area contributed by atoms with Gasteiger partial charge in [0.25, 0.3) is 0 Å². The Labute approximate surface area is 179 Å². The second-order valence-electron chi connectivity index (χ2n) is 5.66. The van der Waals surface area contributed by atoms with E-state index in [2.05, 4.69) is 6.58 Å². The highest BCUT2D eigenvalue weighted by Crippen LogP contribution is 1.86. The second-order valence-corrected chi connectivity index (χ2v) is 5.66. The Balaban J connectivity index is 3.00. The van der Waals surface area contributed by atoms with Gasteiger partial charge in [0.15, 0.2) is 0 Å². The third kappa shape index (κ3) is 26.7. The van der Waals surface area contributed by atoms with Crippen molar-refractivity contribution in [2.45, 2.75) is 6.92 Å². The molecule has 0 bridgehead atoms. The van der Waals surface area contributed by atoms with Crippen molar-refractivity contribution >= 4 is 5.97 Å². The maximum atomic E-state index is 10.5. The first-order valence-corrected chi connectivity index (χ1v) is 10.2. The van der Waals surface area contributed by atoms with Gasteiger partial charge >= 0.3 is 5.97 Å². The van der Waals surface area contributed by atoms with E-state index in [1.54, 1.807) is 0 Å². The number of ether oxygens (including phenoxy) is 9. The fourth-order valence-corrected chi connectivity index (χ4v) is 1.86. The molecule has 0 amide bonds. The summed E-state index contributed by atoms with van der Waals surface area (Å²) in [5.41, 5.74) is 0. The van der Waals surface area contributed by atoms with Crippen molar-refractivity contribution in [3.8, 4) is 0 Å². The topological polar surface area (TPSA) is 100 Å². The number of hydrogen-bond donors (Lipinski definition) is 0. The number of esters is 1. The van der Waals surface area contributed by atoms with Crippen LogP contribution in [0.2, 0.25) is 0 Å². The lowest BCUT2D eigenvalue weighted by Crippen LogP contribution is -2.15. The van der Waals surface area contributed by atoms with Crippen LogP contribution in [0.15, 0.2) is 12.8 Å². The lowest BCUT2D eigenvalue weighted by Gasteiger charge is -2.08. The minimum Gasteiger partial charge on any atom is -0.499 e. The van der Waals surface area contributed by atoms with E-state index in [0.29, 0.717) is 99.1 Å². The normalized spacial score (nSPS) is 10.8. The van der Waals surface area contributed by atoms with E-state index in [0.717, 1.165) is 0 Å². The third-order valence-electron chi connectivity index (χ3n) is 3.23. The molecule has 0 aliphatic rings. The molecule has 10 nitrogen and oxygen atoms in total. The Hall–Kier alpha value is -1.27. The van der Waals surface area contributed by atoms with Crippen LogP contribution in [-0.2, 0) is 47.4 Å². The van der Waals surface area contributed by atoms with Crippen molar-refractivity contribution in [1.29, 1.82) is 0 Å². The van der Waals surface area contributed by atoms with Crippen LogP contribution in [0.4, 0.5) is 0 Å². The van der Waals surface area contributed by atoms with Gasteiger partial charge in [-0.1, -0.05) is 6.58 Å². The molecule has 0 aliphatic heterocycles. The van der Waals surface area contributed by atoms with Crippen LogP contribution >= 0.6 is 0 Å². The minimum absolute atomic E-state index is 0.264. The number of carbonyl (C=O) groups excluding carboxylic acids is 1. The van der Waals surface area contributed by atoms with E-state index in [4.69, 9.17) is 42.6 Å². The second kappa shape index (κ2) is 25.8. The number of hydrogen-bond acceptors (Lipinski definition) is 10. The molecule has 0 spiro atoms. The lowest BCUT2D eigenvalue weighted by molar-refractivity contribution is -0.142. The van der Waals surface area contributed by atoms with Crippen molar-refractivity contribution in [2.75, 3.05) is 106 Å². The highest BCUT2D eigenvalue weighted by Gasteiger charge is 1.95. The number of rotatable bonds is 25. The van der Waals surface area contributed by atoms with Crippen LogP contribution in [-0.4, -0.2) is 112 Å². The Kier molecular flexibility index (Phi) is 24.7. The van der Waals surface area contributed by atoms with Gasteiger partial charge in [-0.25, -0.2) is 0 Å². The van der Waals surface area contributed by atoms with E-state index in [9.17, 15) is 4.79 Å². The van der Waals surface area contributed by atoms with Crippen molar-refractivity contribution < 1.29 is 47.4 Å². The Bertz CT molecular complexity index is 367. The van der Waals surface area contributed by atoms with Gasteiger partial charge in [0.1, 0.15) is 13.2 Å². The first-order valence-electron chi connectivity index (χ1n) is 10.2.